The lowest BCUT2D eigenvalue weighted by Gasteiger charge is -2.19. The van der Waals surface area contributed by atoms with Crippen molar-refractivity contribution in [1.29, 1.82) is 0 Å². The van der Waals surface area contributed by atoms with Crippen molar-refractivity contribution in [3.63, 3.8) is 0 Å². The van der Waals surface area contributed by atoms with Crippen molar-refractivity contribution in [3.8, 4) is 5.75 Å². The molecule has 146 valence electrons. The van der Waals surface area contributed by atoms with Crippen LogP contribution in [-0.4, -0.2) is 47.2 Å². The molecule has 2 aromatic carbocycles. The number of hydrogen-bond acceptors (Lipinski definition) is 4. The summed E-state index contributed by atoms with van der Waals surface area (Å²) in [5.41, 5.74) is 0.731. The second kappa shape index (κ2) is 7.98. The number of benzene rings is 2. The van der Waals surface area contributed by atoms with E-state index in [4.69, 9.17) is 4.74 Å². The number of nitrogens with one attached hydrogen (secondary N) is 2. The van der Waals surface area contributed by atoms with Gasteiger partial charge in [-0.3, -0.25) is 9.89 Å². The predicted molar refractivity (Wildman–Crippen MR) is 106 cm³/mol. The Morgan fingerprint density at radius 3 is 3.00 bits per heavy atom. The summed E-state index contributed by atoms with van der Waals surface area (Å²) in [7, 11) is 2.16. The summed E-state index contributed by atoms with van der Waals surface area (Å²) in [5, 5.41) is 10.4. The minimum Gasteiger partial charge on any atom is -0.493 e. The maximum atomic E-state index is 13.8. The van der Waals surface area contributed by atoms with Crippen LogP contribution in [0.2, 0.25) is 0 Å². The van der Waals surface area contributed by atoms with Gasteiger partial charge in [0.1, 0.15) is 11.6 Å². The number of fused-ring (bicyclic) bond motifs is 1. The zero-order valence-corrected chi connectivity index (χ0v) is 15.7. The molecule has 0 bridgehead atoms. The largest absolute Gasteiger partial charge is 0.493 e. The third kappa shape index (κ3) is 3.84. The molecule has 1 aromatic heterocycles. The highest BCUT2D eigenvalue weighted by molar-refractivity contribution is 6.08. The van der Waals surface area contributed by atoms with Gasteiger partial charge in [-0.2, -0.15) is 5.10 Å². The number of H-pyrrole nitrogens is 1. The molecule has 2 heterocycles. The molecule has 3 aromatic rings. The van der Waals surface area contributed by atoms with Crippen LogP contribution < -0.4 is 10.1 Å². The topological polar surface area (TPSA) is 70.2 Å². The zero-order valence-electron chi connectivity index (χ0n) is 15.7. The van der Waals surface area contributed by atoms with Crippen LogP contribution in [0.5, 0.6) is 5.75 Å². The smallest absolute Gasteiger partial charge is 0.259 e. The number of aromatic amines is 1. The third-order valence-electron chi connectivity index (χ3n) is 5.28. The maximum absolute atomic E-state index is 13.8. The lowest BCUT2D eigenvalue weighted by atomic mass is 10.1. The highest BCUT2D eigenvalue weighted by Crippen LogP contribution is 2.26. The van der Waals surface area contributed by atoms with Crippen LogP contribution in [0.1, 0.15) is 29.6 Å². The monoisotopic (exact) mass is 382 g/mol. The Bertz CT molecular complexity index is 987. The number of ether oxygens (including phenoxy) is 1. The summed E-state index contributed by atoms with van der Waals surface area (Å²) in [6.07, 6.45) is 3.48. The molecule has 0 spiro atoms. The molecule has 6 nitrogen and oxygen atoms in total. The molecule has 0 radical (unpaired) electrons. The standard InChI is InChI=1S/C21H23FN4O2/c1-26-11-4-5-14(26)10-12-28-15-8-9-17-19(13-15)24-25-20(17)23-21(27)16-6-2-3-7-18(16)22/h2-3,6-9,13-14H,4-5,10-12H2,1H3,(H2,23,24,25,27). The van der Waals surface area contributed by atoms with Crippen molar-refractivity contribution in [2.75, 3.05) is 25.5 Å². The fourth-order valence-corrected chi connectivity index (χ4v) is 3.66. The maximum Gasteiger partial charge on any atom is 0.259 e. The van der Waals surface area contributed by atoms with E-state index in [1.165, 1.54) is 25.0 Å². The van der Waals surface area contributed by atoms with Crippen molar-refractivity contribution in [1.82, 2.24) is 15.1 Å². The van der Waals surface area contributed by atoms with Crippen LogP contribution in [0.4, 0.5) is 10.2 Å². The number of aromatic nitrogens is 2. The number of rotatable bonds is 6. The van der Waals surface area contributed by atoms with Crippen molar-refractivity contribution in [2.45, 2.75) is 25.3 Å². The van der Waals surface area contributed by atoms with E-state index in [2.05, 4.69) is 27.5 Å². The number of halogens is 1. The van der Waals surface area contributed by atoms with Gasteiger partial charge in [-0.25, -0.2) is 4.39 Å². The average molecular weight is 382 g/mol. The van der Waals surface area contributed by atoms with Crippen LogP contribution >= 0.6 is 0 Å². The average Bonchev–Trinajstić information content (AvgIpc) is 3.28. The number of carbonyl (C=O) groups excluding carboxylic acids is 1. The minimum atomic E-state index is -0.566. The van der Waals surface area contributed by atoms with E-state index in [1.54, 1.807) is 12.1 Å². The summed E-state index contributed by atoms with van der Waals surface area (Å²) in [6.45, 7) is 1.82. The number of hydrogen-bond donors (Lipinski definition) is 2. The van der Waals surface area contributed by atoms with E-state index in [1.807, 2.05) is 18.2 Å². The van der Waals surface area contributed by atoms with Crippen LogP contribution in [0.15, 0.2) is 42.5 Å². The van der Waals surface area contributed by atoms with Gasteiger partial charge >= 0.3 is 0 Å². The molecule has 1 aliphatic heterocycles. The van der Waals surface area contributed by atoms with Crippen LogP contribution in [-0.2, 0) is 0 Å². The number of carbonyl (C=O) groups is 1. The van der Waals surface area contributed by atoms with E-state index >= 15 is 0 Å². The van der Waals surface area contributed by atoms with Crippen LogP contribution in [0.25, 0.3) is 10.9 Å². The Labute approximate surface area is 162 Å². The highest BCUT2D eigenvalue weighted by atomic mass is 19.1. The van der Waals surface area contributed by atoms with Gasteiger partial charge in [0.15, 0.2) is 5.82 Å². The first kappa shape index (κ1) is 18.4. The molecule has 0 saturated carbocycles. The lowest BCUT2D eigenvalue weighted by molar-refractivity contribution is 0.102. The fraction of sp³-hybridized carbons (Fsp3) is 0.333. The van der Waals surface area contributed by atoms with Gasteiger partial charge in [-0.15, -0.1) is 0 Å². The van der Waals surface area contributed by atoms with Crippen molar-refractivity contribution in [3.05, 3.63) is 53.8 Å². The Morgan fingerprint density at radius 1 is 1.36 bits per heavy atom. The first-order chi connectivity index (χ1) is 13.6. The van der Waals surface area contributed by atoms with Gasteiger partial charge in [-0.05, 0) is 57.1 Å². The summed E-state index contributed by atoms with van der Waals surface area (Å²) < 4.78 is 19.7. The summed E-state index contributed by atoms with van der Waals surface area (Å²) >= 11 is 0. The molecule has 1 unspecified atom stereocenters. The molecular weight excluding hydrogens is 359 g/mol. The molecule has 1 atom stereocenters. The van der Waals surface area contributed by atoms with Crippen LogP contribution in [0, 0.1) is 5.82 Å². The normalized spacial score (nSPS) is 17.1. The van der Waals surface area contributed by atoms with Gasteiger partial charge in [-0.1, -0.05) is 12.1 Å². The van der Waals surface area contributed by atoms with E-state index in [9.17, 15) is 9.18 Å². The Hall–Kier alpha value is -2.93. The second-order valence-corrected chi connectivity index (χ2v) is 7.13. The Kier molecular flexibility index (Phi) is 5.25. The third-order valence-corrected chi connectivity index (χ3v) is 5.28. The molecule has 7 heteroatoms. The fourth-order valence-electron chi connectivity index (χ4n) is 3.66. The van der Waals surface area contributed by atoms with E-state index in [0.717, 1.165) is 29.6 Å². The SMILES string of the molecule is CN1CCCC1CCOc1ccc2c(NC(=O)c3ccccc3F)n[nH]c2c1. The van der Waals surface area contributed by atoms with Gasteiger partial charge in [0.05, 0.1) is 17.7 Å². The van der Waals surface area contributed by atoms with Crippen molar-refractivity contribution >= 4 is 22.6 Å². The predicted octanol–water partition coefficient (Wildman–Crippen LogP) is 3.82. The first-order valence-electron chi connectivity index (χ1n) is 9.49. The van der Waals surface area contributed by atoms with Crippen molar-refractivity contribution in [2.24, 2.45) is 0 Å². The second-order valence-electron chi connectivity index (χ2n) is 7.13. The molecule has 0 aliphatic carbocycles. The van der Waals surface area contributed by atoms with Gasteiger partial charge in [0.2, 0.25) is 0 Å². The lowest BCUT2D eigenvalue weighted by Crippen LogP contribution is -2.26. The van der Waals surface area contributed by atoms with E-state index in [0.29, 0.717) is 18.5 Å². The summed E-state index contributed by atoms with van der Waals surface area (Å²) in [5.74, 6) is 0.0158. The molecule has 4 rings (SSSR count). The molecular formula is C21H23FN4O2. The molecule has 28 heavy (non-hydrogen) atoms. The number of anilines is 1. The molecule has 1 fully saturated rings. The Morgan fingerprint density at radius 2 is 2.21 bits per heavy atom. The molecule has 2 N–H and O–H groups in total. The summed E-state index contributed by atoms with van der Waals surface area (Å²) in [4.78, 5) is 14.7. The van der Waals surface area contributed by atoms with Gasteiger partial charge in [0, 0.05) is 17.5 Å². The summed E-state index contributed by atoms with van der Waals surface area (Å²) in [6, 6.07) is 12.0. The number of likely N-dealkylation sites (tertiary alicyclic amines) is 1. The highest BCUT2D eigenvalue weighted by Gasteiger charge is 2.20. The minimum absolute atomic E-state index is 0.0181. The molecule has 1 saturated heterocycles. The Balaban J connectivity index is 1.41. The van der Waals surface area contributed by atoms with Crippen molar-refractivity contribution < 1.29 is 13.9 Å². The molecule has 1 aliphatic rings. The van der Waals surface area contributed by atoms with E-state index < -0.39 is 11.7 Å². The quantitative estimate of drug-likeness (QED) is 0.680. The van der Waals surface area contributed by atoms with Gasteiger partial charge < -0.3 is 15.0 Å². The van der Waals surface area contributed by atoms with E-state index in [-0.39, 0.29) is 5.56 Å². The first-order valence-corrected chi connectivity index (χ1v) is 9.49. The van der Waals surface area contributed by atoms with Gasteiger partial charge in [0.25, 0.3) is 5.91 Å². The zero-order chi connectivity index (χ0) is 19.5. The number of nitrogens with zero attached hydrogens (tertiary/aromatic N) is 2. The number of amides is 1. The molecule has 1 amide bonds. The van der Waals surface area contributed by atoms with Crippen LogP contribution in [0.3, 0.4) is 0 Å².